The number of hydrogen-bond acceptors (Lipinski definition) is 5. The average molecular weight is 443 g/mol. The molecule has 2 N–H and O–H groups in total. The number of phenolic OH excluding ortho intramolecular Hbond substituents is 1. The maximum absolute atomic E-state index is 14.1. The number of carbonyl (C=O) groups is 2. The average Bonchev–Trinajstić information content (AvgIpc) is 3.08. The Morgan fingerprint density at radius 2 is 1.88 bits per heavy atom. The molecule has 2 aromatic rings. The molecule has 1 heterocycles. The lowest BCUT2D eigenvalue weighted by Gasteiger charge is -2.31. The first-order valence-corrected chi connectivity index (χ1v) is 10.8. The Bertz CT molecular complexity index is 1000. The van der Waals surface area contributed by atoms with Crippen molar-refractivity contribution in [1.82, 2.24) is 4.90 Å². The van der Waals surface area contributed by atoms with Gasteiger partial charge in [-0.1, -0.05) is 12.1 Å². The summed E-state index contributed by atoms with van der Waals surface area (Å²) in [5.74, 6) is -1.02. The molecule has 0 bridgehead atoms. The number of hydrogen-bond donors (Lipinski definition) is 2. The monoisotopic (exact) mass is 443 g/mol. The molecule has 0 atom stereocenters. The van der Waals surface area contributed by atoms with E-state index in [2.05, 4.69) is 0 Å². The van der Waals surface area contributed by atoms with Gasteiger partial charge in [-0.05, 0) is 55.4 Å². The first-order chi connectivity index (χ1) is 15.4. The molecule has 170 valence electrons. The van der Waals surface area contributed by atoms with Crippen LogP contribution in [0.2, 0.25) is 0 Å². The highest BCUT2D eigenvalue weighted by molar-refractivity contribution is 5.99. The van der Waals surface area contributed by atoms with Crippen LogP contribution in [0.15, 0.2) is 36.4 Å². The standard InChI is InChI=1S/C24H26FNO6/c25-23-20(27)9-6-16-14-26(24(30)22(16)23)13-15-4-7-17(8-5-15)32-19-3-1-2-18(12-19)31-11-10-21(28)29/h1-3,6,9,12,15,17,27H,4-5,7-8,10-11,13-14H2,(H,28,29). The fourth-order valence-corrected chi connectivity index (χ4v) is 4.38. The molecule has 2 aromatic carbocycles. The van der Waals surface area contributed by atoms with Gasteiger partial charge in [0.2, 0.25) is 0 Å². The lowest BCUT2D eigenvalue weighted by molar-refractivity contribution is -0.137. The predicted octanol–water partition coefficient (Wildman–Crippen LogP) is 3.98. The Morgan fingerprint density at radius 3 is 2.62 bits per heavy atom. The molecule has 1 amide bonds. The number of rotatable bonds is 8. The second-order valence-corrected chi connectivity index (χ2v) is 8.35. The molecule has 0 saturated heterocycles. The predicted molar refractivity (Wildman–Crippen MR) is 113 cm³/mol. The quantitative estimate of drug-likeness (QED) is 0.641. The van der Waals surface area contributed by atoms with Crippen molar-refractivity contribution in [3.8, 4) is 17.2 Å². The van der Waals surface area contributed by atoms with Gasteiger partial charge in [0.05, 0.1) is 24.7 Å². The maximum Gasteiger partial charge on any atom is 0.306 e. The number of carbonyl (C=O) groups excluding carboxylic acids is 1. The zero-order valence-corrected chi connectivity index (χ0v) is 17.6. The molecule has 1 fully saturated rings. The Balaban J connectivity index is 1.26. The van der Waals surface area contributed by atoms with Gasteiger partial charge >= 0.3 is 5.97 Å². The summed E-state index contributed by atoms with van der Waals surface area (Å²) in [7, 11) is 0. The molecule has 7 nitrogen and oxygen atoms in total. The normalized spacial score (nSPS) is 20.2. The Kier molecular flexibility index (Phi) is 6.48. The number of phenols is 1. The van der Waals surface area contributed by atoms with E-state index in [1.165, 1.54) is 6.07 Å². The zero-order chi connectivity index (χ0) is 22.7. The van der Waals surface area contributed by atoms with Gasteiger partial charge in [0.1, 0.15) is 11.5 Å². The molecule has 8 heteroatoms. The SMILES string of the molecule is O=C(O)CCOc1cccc(OC2CCC(CN3Cc4ccc(O)c(F)c4C3=O)CC2)c1. The number of aliphatic carboxylic acids is 1. The Morgan fingerprint density at radius 1 is 1.12 bits per heavy atom. The van der Waals surface area contributed by atoms with E-state index in [9.17, 15) is 19.1 Å². The summed E-state index contributed by atoms with van der Waals surface area (Å²) in [6.07, 6.45) is 3.48. The van der Waals surface area contributed by atoms with E-state index < -0.39 is 17.5 Å². The molecule has 1 aliphatic carbocycles. The smallest absolute Gasteiger partial charge is 0.306 e. The van der Waals surface area contributed by atoms with Crippen LogP contribution in [0.25, 0.3) is 0 Å². The summed E-state index contributed by atoms with van der Waals surface area (Å²) >= 11 is 0. The molecule has 4 rings (SSSR count). The van der Waals surface area contributed by atoms with Crippen LogP contribution >= 0.6 is 0 Å². The third kappa shape index (κ3) is 4.95. The molecule has 1 aliphatic heterocycles. The van der Waals surface area contributed by atoms with Crippen molar-refractivity contribution in [2.75, 3.05) is 13.2 Å². The van der Waals surface area contributed by atoms with E-state index in [4.69, 9.17) is 14.6 Å². The van der Waals surface area contributed by atoms with Crippen LogP contribution in [-0.4, -0.2) is 46.2 Å². The number of fused-ring (bicyclic) bond motifs is 1. The van der Waals surface area contributed by atoms with Crippen molar-refractivity contribution in [3.05, 3.63) is 53.3 Å². The Hall–Kier alpha value is -3.29. The number of carboxylic acids is 1. The van der Waals surface area contributed by atoms with Crippen molar-refractivity contribution in [3.63, 3.8) is 0 Å². The van der Waals surface area contributed by atoms with Crippen LogP contribution in [0.1, 0.15) is 48.0 Å². The highest BCUT2D eigenvalue weighted by Gasteiger charge is 2.34. The van der Waals surface area contributed by atoms with E-state index in [1.54, 1.807) is 23.1 Å². The lowest BCUT2D eigenvalue weighted by Crippen LogP contribution is -2.34. The van der Waals surface area contributed by atoms with Crippen LogP contribution < -0.4 is 9.47 Å². The lowest BCUT2D eigenvalue weighted by atomic mass is 9.87. The summed E-state index contributed by atoms with van der Waals surface area (Å²) in [5.41, 5.74) is 0.611. The molecule has 0 aromatic heterocycles. The van der Waals surface area contributed by atoms with Crippen LogP contribution in [0, 0.1) is 11.7 Å². The summed E-state index contributed by atoms with van der Waals surface area (Å²) < 4.78 is 25.7. The second-order valence-electron chi connectivity index (χ2n) is 8.35. The molecule has 2 aliphatic rings. The zero-order valence-electron chi connectivity index (χ0n) is 17.6. The fourth-order valence-electron chi connectivity index (χ4n) is 4.38. The second kappa shape index (κ2) is 9.46. The summed E-state index contributed by atoms with van der Waals surface area (Å²) in [4.78, 5) is 24.9. The van der Waals surface area contributed by atoms with Gasteiger partial charge in [-0.2, -0.15) is 0 Å². The van der Waals surface area contributed by atoms with Crippen LogP contribution in [0.5, 0.6) is 17.2 Å². The minimum Gasteiger partial charge on any atom is -0.505 e. The molecule has 0 unspecified atom stereocenters. The molecule has 32 heavy (non-hydrogen) atoms. The van der Waals surface area contributed by atoms with Crippen LogP contribution in [0.4, 0.5) is 4.39 Å². The van der Waals surface area contributed by atoms with Gasteiger partial charge in [0, 0.05) is 19.2 Å². The minimum absolute atomic E-state index is 0.00697. The van der Waals surface area contributed by atoms with Gasteiger partial charge in [0.25, 0.3) is 5.91 Å². The van der Waals surface area contributed by atoms with E-state index in [-0.39, 0.29) is 30.6 Å². The molecule has 0 spiro atoms. The molecular formula is C24H26FNO6. The van der Waals surface area contributed by atoms with Gasteiger partial charge in [0.15, 0.2) is 11.6 Å². The minimum atomic E-state index is -0.906. The highest BCUT2D eigenvalue weighted by Crippen LogP contribution is 2.34. The number of carboxylic acid groups (broad SMARTS) is 1. The van der Waals surface area contributed by atoms with Crippen molar-refractivity contribution in [2.24, 2.45) is 5.92 Å². The van der Waals surface area contributed by atoms with Crippen molar-refractivity contribution < 1.29 is 33.7 Å². The van der Waals surface area contributed by atoms with Crippen molar-refractivity contribution in [1.29, 1.82) is 0 Å². The topological polar surface area (TPSA) is 96.3 Å². The summed E-state index contributed by atoms with van der Waals surface area (Å²) in [6.45, 7) is 1.04. The van der Waals surface area contributed by atoms with Gasteiger partial charge in [-0.3, -0.25) is 9.59 Å². The number of aromatic hydroxyl groups is 1. The number of nitrogens with zero attached hydrogens (tertiary/aromatic N) is 1. The van der Waals surface area contributed by atoms with E-state index >= 15 is 0 Å². The van der Waals surface area contributed by atoms with E-state index in [0.717, 1.165) is 25.7 Å². The molecule has 1 saturated carbocycles. The number of amides is 1. The first-order valence-electron chi connectivity index (χ1n) is 10.8. The highest BCUT2D eigenvalue weighted by atomic mass is 19.1. The fraction of sp³-hybridized carbons (Fsp3) is 0.417. The number of ether oxygens (including phenoxy) is 2. The molecule has 0 radical (unpaired) electrons. The van der Waals surface area contributed by atoms with Crippen LogP contribution in [-0.2, 0) is 11.3 Å². The van der Waals surface area contributed by atoms with Crippen molar-refractivity contribution >= 4 is 11.9 Å². The number of benzene rings is 2. The first kappa shape index (κ1) is 21.9. The third-order valence-electron chi connectivity index (χ3n) is 6.04. The van der Waals surface area contributed by atoms with E-state index in [0.29, 0.717) is 36.1 Å². The molecular weight excluding hydrogens is 417 g/mol. The third-order valence-corrected chi connectivity index (χ3v) is 6.04. The maximum atomic E-state index is 14.1. The van der Waals surface area contributed by atoms with Gasteiger partial charge in [-0.25, -0.2) is 4.39 Å². The van der Waals surface area contributed by atoms with Gasteiger partial charge in [-0.15, -0.1) is 0 Å². The Labute approximate surface area is 185 Å². The largest absolute Gasteiger partial charge is 0.505 e. The van der Waals surface area contributed by atoms with E-state index in [1.807, 2.05) is 12.1 Å². The van der Waals surface area contributed by atoms with Gasteiger partial charge < -0.3 is 24.6 Å². The van der Waals surface area contributed by atoms with Crippen molar-refractivity contribution in [2.45, 2.75) is 44.8 Å². The summed E-state index contributed by atoms with van der Waals surface area (Å²) in [6, 6.07) is 10.1. The van der Waals surface area contributed by atoms with Crippen LogP contribution in [0.3, 0.4) is 0 Å². The number of halogens is 1. The summed E-state index contributed by atoms with van der Waals surface area (Å²) in [5, 5.41) is 18.3.